The maximum atomic E-state index is 12.6. The number of thioether (sulfide) groups is 2. The van der Waals surface area contributed by atoms with Gasteiger partial charge in [-0.15, -0.1) is 16.9 Å². The summed E-state index contributed by atoms with van der Waals surface area (Å²) in [5.41, 5.74) is 5.48. The number of aliphatic imine (C=N–C) groups is 1. The summed E-state index contributed by atoms with van der Waals surface area (Å²) in [6, 6.07) is 10.3. The van der Waals surface area contributed by atoms with E-state index in [1.807, 2.05) is 32.2 Å². The van der Waals surface area contributed by atoms with E-state index in [9.17, 15) is 4.79 Å². The number of benzene rings is 1. The second-order valence-electron chi connectivity index (χ2n) is 6.59. The van der Waals surface area contributed by atoms with Crippen LogP contribution in [-0.4, -0.2) is 37.1 Å². The van der Waals surface area contributed by atoms with Crippen molar-refractivity contribution in [2.45, 2.75) is 20.8 Å². The molecular formula is C20H19N5OS2. The van der Waals surface area contributed by atoms with Crippen LogP contribution in [0.4, 0.5) is 0 Å². The molecule has 142 valence electrons. The number of amides is 1. The predicted octanol–water partition coefficient (Wildman–Crippen LogP) is 4.34. The number of nitrogens with one attached hydrogen (secondary N) is 1. The van der Waals surface area contributed by atoms with Crippen LogP contribution < -0.4 is 0 Å². The zero-order valence-corrected chi connectivity index (χ0v) is 17.6. The van der Waals surface area contributed by atoms with E-state index >= 15 is 0 Å². The van der Waals surface area contributed by atoms with Gasteiger partial charge in [-0.1, -0.05) is 12.1 Å². The van der Waals surface area contributed by atoms with Crippen LogP contribution in [0.5, 0.6) is 0 Å². The predicted molar refractivity (Wildman–Crippen MR) is 119 cm³/mol. The van der Waals surface area contributed by atoms with Gasteiger partial charge in [-0.2, -0.15) is 10.0 Å². The first kappa shape index (κ1) is 18.8. The molecule has 0 radical (unpaired) electrons. The number of hydrogen-bond donors (Lipinski definition) is 1. The lowest BCUT2D eigenvalue weighted by atomic mass is 10.1. The second-order valence-corrected chi connectivity index (χ2v) is 8.60. The molecule has 4 rings (SSSR count). The van der Waals surface area contributed by atoms with Gasteiger partial charge < -0.3 is 4.57 Å². The van der Waals surface area contributed by atoms with E-state index in [0.717, 1.165) is 27.0 Å². The van der Waals surface area contributed by atoms with Gasteiger partial charge in [0.1, 0.15) is 0 Å². The van der Waals surface area contributed by atoms with Gasteiger partial charge in [0, 0.05) is 17.1 Å². The number of fused-ring (bicyclic) bond motifs is 1. The third-order valence-corrected chi connectivity index (χ3v) is 6.52. The largest absolute Gasteiger partial charge is 0.318 e. The Kier molecular flexibility index (Phi) is 4.76. The third-order valence-electron chi connectivity index (χ3n) is 4.64. The van der Waals surface area contributed by atoms with Crippen molar-refractivity contribution in [3.63, 3.8) is 0 Å². The molecule has 0 fully saturated rings. The van der Waals surface area contributed by atoms with E-state index in [1.165, 1.54) is 34.1 Å². The van der Waals surface area contributed by atoms with Gasteiger partial charge in [-0.25, -0.2) is 0 Å². The number of aryl methyl sites for hydroxylation is 2. The zero-order chi connectivity index (χ0) is 20.0. The van der Waals surface area contributed by atoms with Crippen LogP contribution in [0.2, 0.25) is 0 Å². The Morgan fingerprint density at radius 3 is 2.71 bits per heavy atom. The van der Waals surface area contributed by atoms with E-state index < -0.39 is 5.91 Å². The Labute approximate surface area is 171 Å². The van der Waals surface area contributed by atoms with Gasteiger partial charge in [0.25, 0.3) is 5.91 Å². The minimum Gasteiger partial charge on any atom is -0.318 e. The first-order valence-corrected chi connectivity index (χ1v) is 10.7. The van der Waals surface area contributed by atoms with Crippen LogP contribution in [0, 0.1) is 26.2 Å². The summed E-state index contributed by atoms with van der Waals surface area (Å²) in [7, 11) is 0. The molecule has 2 aliphatic rings. The summed E-state index contributed by atoms with van der Waals surface area (Å²) in [4.78, 5) is 16.7. The number of rotatable bonds is 2. The van der Waals surface area contributed by atoms with Crippen molar-refractivity contribution in [1.82, 2.24) is 9.58 Å². The summed E-state index contributed by atoms with van der Waals surface area (Å²) in [6.45, 7) is 6.12. The molecule has 0 aliphatic carbocycles. The highest BCUT2D eigenvalue weighted by Gasteiger charge is 2.35. The summed E-state index contributed by atoms with van der Waals surface area (Å²) in [5.74, 6) is -0.339. The highest BCUT2D eigenvalue weighted by molar-refractivity contribution is 8.45. The van der Waals surface area contributed by atoms with Gasteiger partial charge in [0.2, 0.25) is 5.17 Å². The Balaban J connectivity index is 1.76. The van der Waals surface area contributed by atoms with Crippen LogP contribution in [0.25, 0.3) is 11.8 Å². The van der Waals surface area contributed by atoms with Crippen LogP contribution in [-0.2, 0) is 4.79 Å². The van der Waals surface area contributed by atoms with Crippen molar-refractivity contribution >= 4 is 50.9 Å². The quantitative estimate of drug-likeness (QED) is 0.749. The first-order valence-electron chi connectivity index (χ1n) is 8.69. The molecule has 1 aromatic heterocycles. The fraction of sp³-hybridized carbons (Fsp3) is 0.200. The van der Waals surface area contributed by atoms with Crippen molar-refractivity contribution in [1.29, 1.82) is 5.41 Å². The molecular weight excluding hydrogens is 390 g/mol. The number of amidine groups is 2. The Bertz CT molecular complexity index is 1110. The highest BCUT2D eigenvalue weighted by Crippen LogP contribution is 2.32. The number of nitrogens with zero attached hydrogens (tertiary/aromatic N) is 4. The molecule has 3 heterocycles. The summed E-state index contributed by atoms with van der Waals surface area (Å²) in [6.07, 6.45) is 3.66. The average molecular weight is 410 g/mol. The maximum Gasteiger partial charge on any atom is 0.283 e. The molecule has 1 aromatic carbocycles. The fourth-order valence-corrected chi connectivity index (χ4v) is 4.66. The van der Waals surface area contributed by atoms with E-state index in [1.54, 1.807) is 6.08 Å². The van der Waals surface area contributed by atoms with Crippen molar-refractivity contribution in [3.05, 3.63) is 58.4 Å². The van der Waals surface area contributed by atoms with Gasteiger partial charge in [-0.3, -0.25) is 10.2 Å². The van der Waals surface area contributed by atoms with Crippen LogP contribution >= 0.6 is 23.5 Å². The number of carbonyl (C=O) groups excluding carboxylic acids is 1. The minimum atomic E-state index is -0.401. The molecule has 6 nitrogen and oxygen atoms in total. The Morgan fingerprint density at radius 1 is 1.21 bits per heavy atom. The van der Waals surface area contributed by atoms with Crippen LogP contribution in [0.1, 0.15) is 22.5 Å². The van der Waals surface area contributed by atoms with Crippen molar-refractivity contribution in [3.8, 4) is 5.69 Å². The number of carbonyl (C=O) groups is 1. The molecule has 0 bridgehead atoms. The number of aromatic nitrogens is 1. The van der Waals surface area contributed by atoms with Gasteiger partial charge in [-0.05, 0) is 74.2 Å². The molecule has 0 spiro atoms. The standard InChI is InChI=1S/C20H19N5OS2/c1-11-6-5-7-15(8-11)24-12(2)9-14(13(24)3)10-16-17(21)25-19(22-18(16)26)28-20(23-25)27-4/h5-10,21H,1-4H3/b16-10+,21-17?. The molecule has 0 unspecified atom stereocenters. The topological polar surface area (TPSA) is 73.8 Å². The van der Waals surface area contributed by atoms with Crippen molar-refractivity contribution in [2.24, 2.45) is 10.1 Å². The normalized spacial score (nSPS) is 17.9. The Hall–Kier alpha value is -2.58. The summed E-state index contributed by atoms with van der Waals surface area (Å²) >= 11 is 2.79. The Morgan fingerprint density at radius 2 is 2.00 bits per heavy atom. The van der Waals surface area contributed by atoms with Crippen LogP contribution in [0.3, 0.4) is 0 Å². The molecule has 0 atom stereocenters. The molecule has 2 aliphatic heterocycles. The monoisotopic (exact) mass is 409 g/mol. The van der Waals surface area contributed by atoms with E-state index in [0.29, 0.717) is 5.17 Å². The molecule has 2 aromatic rings. The lowest BCUT2D eigenvalue weighted by Crippen LogP contribution is -2.35. The molecule has 0 saturated carbocycles. The fourth-order valence-electron chi connectivity index (χ4n) is 3.31. The number of hydrazone groups is 1. The average Bonchev–Trinajstić information content (AvgIpc) is 3.19. The summed E-state index contributed by atoms with van der Waals surface area (Å²) in [5, 5.41) is 14.7. The molecule has 8 heteroatoms. The first-order chi connectivity index (χ1) is 13.4. The van der Waals surface area contributed by atoms with Gasteiger partial charge >= 0.3 is 0 Å². The van der Waals surface area contributed by atoms with E-state index in [2.05, 4.69) is 39.8 Å². The minimum absolute atomic E-state index is 0.0620. The smallest absolute Gasteiger partial charge is 0.283 e. The zero-order valence-electron chi connectivity index (χ0n) is 16.0. The molecule has 1 N–H and O–H groups in total. The second kappa shape index (κ2) is 7.10. The maximum absolute atomic E-state index is 12.6. The highest BCUT2D eigenvalue weighted by atomic mass is 32.2. The lowest BCUT2D eigenvalue weighted by Gasteiger charge is -2.20. The molecule has 1 amide bonds. The van der Waals surface area contributed by atoms with Crippen LogP contribution in [0.15, 0.2) is 46.0 Å². The van der Waals surface area contributed by atoms with Gasteiger partial charge in [0.05, 0.1) is 5.57 Å². The molecule has 28 heavy (non-hydrogen) atoms. The lowest BCUT2D eigenvalue weighted by molar-refractivity contribution is -0.114. The third kappa shape index (κ3) is 3.12. The molecule has 0 saturated heterocycles. The van der Waals surface area contributed by atoms with Gasteiger partial charge in [0.15, 0.2) is 10.2 Å². The van der Waals surface area contributed by atoms with Crippen molar-refractivity contribution in [2.75, 3.05) is 6.26 Å². The van der Waals surface area contributed by atoms with Crippen molar-refractivity contribution < 1.29 is 4.79 Å². The summed E-state index contributed by atoms with van der Waals surface area (Å²) < 4.78 is 2.93. The van der Waals surface area contributed by atoms with E-state index in [-0.39, 0.29) is 11.4 Å². The SMILES string of the molecule is CSC1=NN2C(=N)/C(=C\c3cc(C)n(-c4cccc(C)c4)c3C)C(=O)N=C2S1. The van der Waals surface area contributed by atoms with E-state index in [4.69, 9.17) is 5.41 Å². The number of hydrogen-bond acceptors (Lipinski definition) is 5.